The number of fused-ring (bicyclic) bond motifs is 1. The molecule has 0 bridgehead atoms. The van der Waals surface area contributed by atoms with Gasteiger partial charge in [0.25, 0.3) is 0 Å². The summed E-state index contributed by atoms with van der Waals surface area (Å²) in [5.41, 5.74) is 0. The van der Waals surface area contributed by atoms with Crippen molar-refractivity contribution in [1.82, 2.24) is 10.6 Å². The van der Waals surface area contributed by atoms with E-state index in [4.69, 9.17) is 0 Å². The second-order valence-electron chi connectivity index (χ2n) is 5.29. The Bertz CT molecular complexity index is 405. The zero-order valence-corrected chi connectivity index (χ0v) is 11.1. The van der Waals surface area contributed by atoms with Gasteiger partial charge >= 0.3 is 0 Å². The average molecular weight is 260 g/mol. The lowest BCUT2D eigenvalue weighted by Crippen LogP contribution is -2.48. The van der Waals surface area contributed by atoms with E-state index in [-0.39, 0.29) is 34.8 Å². The number of nitrogens with one attached hydrogen (secondary N) is 2. The Morgan fingerprint density at radius 1 is 1.35 bits per heavy atom. The quantitative estimate of drug-likeness (QED) is 0.704. The van der Waals surface area contributed by atoms with Crippen molar-refractivity contribution in [1.29, 1.82) is 0 Å². The highest BCUT2D eigenvalue weighted by molar-refractivity contribution is 7.92. The summed E-state index contributed by atoms with van der Waals surface area (Å²) < 4.78 is 23.8. The maximum atomic E-state index is 12.0. The van der Waals surface area contributed by atoms with Gasteiger partial charge < -0.3 is 10.6 Å². The fourth-order valence-electron chi connectivity index (χ4n) is 2.84. The number of rotatable bonds is 2. The highest BCUT2D eigenvalue weighted by Crippen LogP contribution is 2.33. The van der Waals surface area contributed by atoms with Crippen molar-refractivity contribution < 1.29 is 13.2 Å². The van der Waals surface area contributed by atoms with Crippen molar-refractivity contribution in [2.24, 2.45) is 11.8 Å². The first kappa shape index (κ1) is 12.8. The van der Waals surface area contributed by atoms with Gasteiger partial charge in [0.2, 0.25) is 5.91 Å². The van der Waals surface area contributed by atoms with E-state index in [1.165, 1.54) is 0 Å². The minimum Gasteiger partial charge on any atom is -0.354 e. The third-order valence-corrected chi connectivity index (χ3v) is 5.91. The summed E-state index contributed by atoms with van der Waals surface area (Å²) in [7, 11) is -3.00. The first-order valence-corrected chi connectivity index (χ1v) is 7.86. The van der Waals surface area contributed by atoms with Crippen molar-refractivity contribution in [3.63, 3.8) is 0 Å². The van der Waals surface area contributed by atoms with E-state index >= 15 is 0 Å². The Morgan fingerprint density at radius 2 is 2.06 bits per heavy atom. The van der Waals surface area contributed by atoms with Crippen LogP contribution in [0.4, 0.5) is 0 Å². The maximum Gasteiger partial charge on any atom is 0.223 e. The zero-order chi connectivity index (χ0) is 12.6. The van der Waals surface area contributed by atoms with Gasteiger partial charge in [-0.1, -0.05) is 0 Å². The maximum absolute atomic E-state index is 12.0. The minimum absolute atomic E-state index is 0.00796. The fourth-order valence-corrected chi connectivity index (χ4v) is 4.92. The highest BCUT2D eigenvalue weighted by atomic mass is 32.2. The molecule has 0 aromatic rings. The molecule has 5 nitrogen and oxygen atoms in total. The number of carbonyl (C=O) groups is 1. The Kier molecular flexibility index (Phi) is 3.45. The predicted octanol–water partition coefficient (Wildman–Crippen LogP) is -0.466. The van der Waals surface area contributed by atoms with E-state index in [9.17, 15) is 13.2 Å². The minimum atomic E-state index is -3.00. The molecule has 2 aliphatic rings. The first-order chi connectivity index (χ1) is 7.92. The third kappa shape index (κ3) is 2.47. The van der Waals surface area contributed by atoms with Crippen LogP contribution in [-0.2, 0) is 14.6 Å². The normalized spacial score (nSPS) is 35.6. The van der Waals surface area contributed by atoms with E-state index in [1.54, 1.807) is 0 Å². The summed E-state index contributed by atoms with van der Waals surface area (Å²) in [6.45, 7) is 4.97. The molecule has 2 saturated heterocycles. The Balaban J connectivity index is 2.14. The van der Waals surface area contributed by atoms with Gasteiger partial charge in [0, 0.05) is 31.0 Å². The van der Waals surface area contributed by atoms with Crippen LogP contribution < -0.4 is 10.6 Å². The van der Waals surface area contributed by atoms with E-state index in [1.807, 2.05) is 13.8 Å². The molecule has 17 heavy (non-hydrogen) atoms. The molecule has 2 aliphatic heterocycles. The Hall–Kier alpha value is -0.620. The van der Waals surface area contributed by atoms with E-state index in [2.05, 4.69) is 10.6 Å². The molecule has 1 amide bonds. The molecule has 6 heteroatoms. The van der Waals surface area contributed by atoms with Crippen molar-refractivity contribution >= 4 is 15.7 Å². The van der Waals surface area contributed by atoms with Crippen molar-refractivity contribution in [3.05, 3.63) is 0 Å². The smallest absolute Gasteiger partial charge is 0.223 e. The number of sulfone groups is 1. The van der Waals surface area contributed by atoms with E-state index in [0.717, 1.165) is 0 Å². The average Bonchev–Trinajstić information content (AvgIpc) is 2.65. The standard InChI is InChI=1S/C11H20N2O3S/c1-7(2)13-11(14)8-3-4-17(15,16)10-6-12-5-9(8)10/h7-10,12H,3-6H2,1-2H3,(H,13,14)/t8-,9+,10+/m1/s1. The molecule has 0 saturated carbocycles. The molecule has 0 aromatic heterocycles. The molecular formula is C11H20N2O3S. The van der Waals surface area contributed by atoms with Crippen LogP contribution in [0.25, 0.3) is 0 Å². The first-order valence-electron chi connectivity index (χ1n) is 6.14. The molecule has 0 spiro atoms. The molecule has 0 radical (unpaired) electrons. The Labute approximate surface area is 102 Å². The molecule has 2 N–H and O–H groups in total. The summed E-state index contributed by atoms with van der Waals surface area (Å²) in [6, 6.07) is 0.105. The lowest BCUT2D eigenvalue weighted by Gasteiger charge is -2.32. The molecule has 98 valence electrons. The van der Waals surface area contributed by atoms with Gasteiger partial charge in [0.15, 0.2) is 9.84 Å². The van der Waals surface area contributed by atoms with E-state index in [0.29, 0.717) is 19.5 Å². The van der Waals surface area contributed by atoms with Crippen LogP contribution >= 0.6 is 0 Å². The van der Waals surface area contributed by atoms with Crippen LogP contribution in [-0.4, -0.2) is 44.5 Å². The molecule has 0 aliphatic carbocycles. The van der Waals surface area contributed by atoms with Gasteiger partial charge in [-0.2, -0.15) is 0 Å². The zero-order valence-electron chi connectivity index (χ0n) is 10.3. The lowest BCUT2D eigenvalue weighted by atomic mass is 9.87. The summed E-state index contributed by atoms with van der Waals surface area (Å²) >= 11 is 0. The van der Waals surface area contributed by atoms with Crippen LogP contribution in [0.3, 0.4) is 0 Å². The van der Waals surface area contributed by atoms with Gasteiger partial charge in [-0.25, -0.2) is 8.42 Å². The predicted molar refractivity (Wildman–Crippen MR) is 65.3 cm³/mol. The summed E-state index contributed by atoms with van der Waals surface area (Å²) in [6.07, 6.45) is 0.462. The van der Waals surface area contributed by atoms with Crippen molar-refractivity contribution in [2.45, 2.75) is 31.6 Å². The molecule has 2 heterocycles. The summed E-state index contributed by atoms with van der Waals surface area (Å²) in [4.78, 5) is 12.0. The van der Waals surface area contributed by atoms with Gasteiger partial charge in [-0.15, -0.1) is 0 Å². The fraction of sp³-hybridized carbons (Fsp3) is 0.909. The molecule has 0 unspecified atom stereocenters. The SMILES string of the molecule is CC(C)NC(=O)[C@@H]1CCS(=O)(=O)[C@H]2CNC[C@@H]12. The largest absolute Gasteiger partial charge is 0.354 e. The van der Waals surface area contributed by atoms with Crippen LogP contribution in [0, 0.1) is 11.8 Å². The molecular weight excluding hydrogens is 240 g/mol. The van der Waals surface area contributed by atoms with Gasteiger partial charge in [-0.05, 0) is 20.3 Å². The van der Waals surface area contributed by atoms with Crippen LogP contribution in [0.5, 0.6) is 0 Å². The van der Waals surface area contributed by atoms with Crippen molar-refractivity contribution in [3.8, 4) is 0 Å². The van der Waals surface area contributed by atoms with Gasteiger partial charge in [0.05, 0.1) is 11.0 Å². The van der Waals surface area contributed by atoms with Gasteiger partial charge in [-0.3, -0.25) is 4.79 Å². The van der Waals surface area contributed by atoms with Crippen LogP contribution in [0.15, 0.2) is 0 Å². The van der Waals surface area contributed by atoms with Crippen LogP contribution in [0.1, 0.15) is 20.3 Å². The topological polar surface area (TPSA) is 75.3 Å². The Morgan fingerprint density at radius 3 is 2.71 bits per heavy atom. The number of carbonyl (C=O) groups excluding carboxylic acids is 1. The van der Waals surface area contributed by atoms with Crippen molar-refractivity contribution in [2.75, 3.05) is 18.8 Å². The molecule has 2 rings (SSSR count). The van der Waals surface area contributed by atoms with Crippen LogP contribution in [0.2, 0.25) is 0 Å². The number of hydrogen-bond donors (Lipinski definition) is 2. The number of amides is 1. The molecule has 3 atom stereocenters. The molecule has 0 aromatic carbocycles. The second kappa shape index (κ2) is 4.57. The lowest BCUT2D eigenvalue weighted by molar-refractivity contribution is -0.127. The summed E-state index contributed by atoms with van der Waals surface area (Å²) in [5.74, 6) is -0.0477. The van der Waals surface area contributed by atoms with Gasteiger partial charge in [0.1, 0.15) is 0 Å². The third-order valence-electron chi connectivity index (χ3n) is 3.66. The second-order valence-corrected chi connectivity index (χ2v) is 7.63. The highest BCUT2D eigenvalue weighted by Gasteiger charge is 2.47. The molecule has 2 fully saturated rings. The number of hydrogen-bond acceptors (Lipinski definition) is 4. The monoisotopic (exact) mass is 260 g/mol. The van der Waals surface area contributed by atoms with E-state index < -0.39 is 9.84 Å². The summed E-state index contributed by atoms with van der Waals surface area (Å²) in [5, 5.41) is 5.63.